The molecule has 1 aromatic carbocycles. The SMILES string of the molecule is CCCCCN(C(=O)[C@@H]1C[C@H](Oc2nccc3cc(OC)ccc23)N(C(=O)OC(C)(C)C)C1)[C@@H](O)C(=O)NC1CC1. The van der Waals surface area contributed by atoms with Gasteiger partial charge < -0.3 is 29.5 Å². The molecule has 4 rings (SSSR count). The maximum atomic E-state index is 13.8. The fourth-order valence-electron chi connectivity index (χ4n) is 4.85. The quantitative estimate of drug-likeness (QED) is 0.308. The van der Waals surface area contributed by atoms with Crippen LogP contribution in [0.25, 0.3) is 10.8 Å². The van der Waals surface area contributed by atoms with Gasteiger partial charge >= 0.3 is 6.09 Å². The molecule has 1 saturated carbocycles. The zero-order valence-corrected chi connectivity index (χ0v) is 24.6. The van der Waals surface area contributed by atoms with Crippen molar-refractivity contribution in [2.24, 2.45) is 5.92 Å². The summed E-state index contributed by atoms with van der Waals surface area (Å²) in [5.74, 6) is -0.714. The van der Waals surface area contributed by atoms with Gasteiger partial charge in [-0.1, -0.05) is 19.8 Å². The molecule has 0 spiro atoms. The van der Waals surface area contributed by atoms with Crippen molar-refractivity contribution in [2.45, 2.75) is 90.3 Å². The van der Waals surface area contributed by atoms with E-state index in [2.05, 4.69) is 10.3 Å². The number of aromatic nitrogens is 1. The molecule has 2 N–H and O–H groups in total. The molecular weight excluding hydrogens is 528 g/mol. The van der Waals surface area contributed by atoms with Crippen LogP contribution in [0.3, 0.4) is 0 Å². The Morgan fingerprint density at radius 2 is 1.95 bits per heavy atom. The van der Waals surface area contributed by atoms with Gasteiger partial charge in [-0.3, -0.25) is 14.5 Å². The van der Waals surface area contributed by atoms with Crippen LogP contribution in [0.4, 0.5) is 4.79 Å². The number of unbranched alkanes of at least 4 members (excludes halogenated alkanes) is 2. The molecule has 0 radical (unpaired) electrons. The van der Waals surface area contributed by atoms with Gasteiger partial charge in [-0.05, 0) is 69.7 Å². The van der Waals surface area contributed by atoms with Crippen molar-refractivity contribution in [2.75, 3.05) is 20.2 Å². The third kappa shape index (κ3) is 7.78. The summed E-state index contributed by atoms with van der Waals surface area (Å²) >= 11 is 0. The average molecular weight is 571 g/mol. The average Bonchev–Trinajstić information content (AvgIpc) is 3.64. The summed E-state index contributed by atoms with van der Waals surface area (Å²) in [6, 6.07) is 7.37. The highest BCUT2D eigenvalue weighted by molar-refractivity contribution is 5.89. The Balaban J connectivity index is 1.58. The molecule has 1 aliphatic carbocycles. The zero-order chi connectivity index (χ0) is 29.7. The maximum Gasteiger partial charge on any atom is 0.413 e. The summed E-state index contributed by atoms with van der Waals surface area (Å²) < 4.78 is 17.3. The fraction of sp³-hybridized carbons (Fsp3) is 0.600. The van der Waals surface area contributed by atoms with Crippen LogP contribution >= 0.6 is 0 Å². The monoisotopic (exact) mass is 570 g/mol. The van der Waals surface area contributed by atoms with Gasteiger partial charge in [0, 0.05) is 37.1 Å². The molecule has 11 nitrogen and oxygen atoms in total. The number of hydrogen-bond donors (Lipinski definition) is 2. The number of hydrogen-bond acceptors (Lipinski definition) is 8. The number of nitrogens with zero attached hydrogens (tertiary/aromatic N) is 3. The number of pyridine rings is 1. The molecule has 3 amide bonds. The van der Waals surface area contributed by atoms with Crippen molar-refractivity contribution in [3.05, 3.63) is 30.5 Å². The molecule has 1 aliphatic heterocycles. The Kier molecular flexibility index (Phi) is 9.57. The van der Waals surface area contributed by atoms with E-state index in [0.717, 1.165) is 36.5 Å². The normalized spacial score (nSPS) is 19.5. The Hall–Kier alpha value is -3.60. The van der Waals surface area contributed by atoms with Crippen LogP contribution < -0.4 is 14.8 Å². The lowest BCUT2D eigenvalue weighted by Gasteiger charge is -2.30. The van der Waals surface area contributed by atoms with Crippen molar-refractivity contribution in [1.82, 2.24) is 20.1 Å². The Morgan fingerprint density at radius 3 is 2.61 bits per heavy atom. The predicted molar refractivity (Wildman–Crippen MR) is 152 cm³/mol. The van der Waals surface area contributed by atoms with E-state index in [4.69, 9.17) is 14.2 Å². The van der Waals surface area contributed by atoms with Gasteiger partial charge in [0.1, 0.15) is 11.4 Å². The van der Waals surface area contributed by atoms with Gasteiger partial charge in [-0.15, -0.1) is 0 Å². The predicted octanol–water partition coefficient (Wildman–Crippen LogP) is 3.82. The molecule has 11 heteroatoms. The summed E-state index contributed by atoms with van der Waals surface area (Å²) in [5, 5.41) is 15.3. The van der Waals surface area contributed by atoms with E-state index in [0.29, 0.717) is 18.1 Å². The van der Waals surface area contributed by atoms with Crippen molar-refractivity contribution < 1.29 is 33.7 Å². The molecule has 2 aliphatic rings. The van der Waals surface area contributed by atoms with Crippen LogP contribution in [0.1, 0.15) is 66.2 Å². The molecule has 2 aromatic rings. The fourth-order valence-corrected chi connectivity index (χ4v) is 4.85. The van der Waals surface area contributed by atoms with Gasteiger partial charge in [0.15, 0.2) is 6.23 Å². The number of aliphatic hydroxyl groups is 1. The number of aliphatic hydroxyl groups excluding tert-OH is 1. The topological polar surface area (TPSA) is 131 Å². The van der Waals surface area contributed by atoms with Crippen molar-refractivity contribution in [3.63, 3.8) is 0 Å². The minimum atomic E-state index is -1.61. The van der Waals surface area contributed by atoms with Crippen LogP contribution in [0.2, 0.25) is 0 Å². The largest absolute Gasteiger partial charge is 0.497 e. The number of fused-ring (bicyclic) bond motifs is 1. The van der Waals surface area contributed by atoms with Gasteiger partial charge in [-0.25, -0.2) is 9.78 Å². The first-order valence-corrected chi connectivity index (χ1v) is 14.4. The molecular formula is C30H42N4O7. The second kappa shape index (κ2) is 12.9. The second-order valence-corrected chi connectivity index (χ2v) is 11.7. The first-order valence-electron chi connectivity index (χ1n) is 14.4. The number of nitrogens with one attached hydrogen (secondary N) is 1. The summed E-state index contributed by atoms with van der Waals surface area (Å²) in [5.41, 5.74) is -0.763. The molecule has 0 bridgehead atoms. The zero-order valence-electron chi connectivity index (χ0n) is 24.6. The van der Waals surface area contributed by atoms with E-state index >= 15 is 0 Å². The number of methoxy groups -OCH3 is 1. The first-order chi connectivity index (χ1) is 19.5. The smallest absolute Gasteiger partial charge is 0.413 e. The minimum Gasteiger partial charge on any atom is -0.497 e. The highest BCUT2D eigenvalue weighted by Gasteiger charge is 2.45. The molecule has 2 heterocycles. The van der Waals surface area contributed by atoms with E-state index in [9.17, 15) is 19.5 Å². The number of carbonyl (C=O) groups is 3. The molecule has 1 aromatic heterocycles. The summed E-state index contributed by atoms with van der Waals surface area (Å²) in [6.07, 6.45) is 2.81. The summed E-state index contributed by atoms with van der Waals surface area (Å²) in [6.45, 7) is 7.58. The van der Waals surface area contributed by atoms with Crippen molar-refractivity contribution in [3.8, 4) is 11.6 Å². The molecule has 0 unspecified atom stereocenters. The van der Waals surface area contributed by atoms with Crippen LogP contribution in [0.5, 0.6) is 11.6 Å². The van der Waals surface area contributed by atoms with E-state index < -0.39 is 41.9 Å². The Morgan fingerprint density at radius 1 is 1.20 bits per heavy atom. The molecule has 41 heavy (non-hydrogen) atoms. The molecule has 224 valence electrons. The van der Waals surface area contributed by atoms with Gasteiger partial charge in [0.25, 0.3) is 5.91 Å². The maximum absolute atomic E-state index is 13.8. The number of amides is 3. The van der Waals surface area contributed by atoms with Gasteiger partial charge in [0.2, 0.25) is 18.0 Å². The number of benzene rings is 1. The van der Waals surface area contributed by atoms with Crippen LogP contribution in [-0.4, -0.2) is 82.1 Å². The van der Waals surface area contributed by atoms with Gasteiger partial charge in [-0.2, -0.15) is 0 Å². The number of ether oxygens (including phenoxy) is 3. The molecule has 3 atom stereocenters. The van der Waals surface area contributed by atoms with E-state index in [1.807, 2.05) is 25.1 Å². The number of carbonyl (C=O) groups excluding carboxylic acids is 3. The molecule has 1 saturated heterocycles. The first kappa shape index (κ1) is 30.4. The summed E-state index contributed by atoms with van der Waals surface area (Å²) in [4.78, 5) is 46.9. The van der Waals surface area contributed by atoms with E-state index in [1.54, 1.807) is 40.1 Å². The van der Waals surface area contributed by atoms with E-state index in [1.165, 1.54) is 9.80 Å². The molecule has 2 fully saturated rings. The highest BCUT2D eigenvalue weighted by atomic mass is 16.6. The lowest BCUT2D eigenvalue weighted by atomic mass is 10.1. The van der Waals surface area contributed by atoms with Crippen LogP contribution in [-0.2, 0) is 14.3 Å². The van der Waals surface area contributed by atoms with Crippen LogP contribution in [0, 0.1) is 5.92 Å². The van der Waals surface area contributed by atoms with Crippen molar-refractivity contribution >= 4 is 28.7 Å². The highest BCUT2D eigenvalue weighted by Crippen LogP contribution is 2.33. The number of likely N-dealkylation sites (tertiary alicyclic amines) is 1. The van der Waals surface area contributed by atoms with E-state index in [-0.39, 0.29) is 25.6 Å². The third-order valence-corrected chi connectivity index (χ3v) is 7.15. The second-order valence-electron chi connectivity index (χ2n) is 11.7. The third-order valence-electron chi connectivity index (χ3n) is 7.15. The lowest BCUT2D eigenvalue weighted by molar-refractivity contribution is -0.156. The van der Waals surface area contributed by atoms with Crippen molar-refractivity contribution in [1.29, 1.82) is 0 Å². The van der Waals surface area contributed by atoms with Gasteiger partial charge in [0.05, 0.1) is 13.0 Å². The Labute approximate surface area is 241 Å². The minimum absolute atomic E-state index is 0.0121. The number of rotatable bonds is 11. The van der Waals surface area contributed by atoms with Crippen LogP contribution in [0.15, 0.2) is 30.5 Å². The summed E-state index contributed by atoms with van der Waals surface area (Å²) in [7, 11) is 1.59. The standard InChI is InChI=1S/C30H42N4O7/c1-6-7-8-15-33(28(37)25(35)32-21-9-10-21)27(36)20-17-24(34(18-20)29(38)41-30(2,3)4)40-26-23-12-11-22(39-5)16-19(23)13-14-31-26/h11-14,16,20-21,24,28,37H,6-10,15,17-18H2,1-5H3,(H,32,35)/t20-,24+,28+/m1/s1. The Bertz CT molecular complexity index is 1240. The lowest BCUT2D eigenvalue weighted by Crippen LogP contribution is -2.52.